The molecule has 1 rings (SSSR count). The molecule has 2 atom stereocenters. The summed E-state index contributed by atoms with van der Waals surface area (Å²) in [7, 11) is 3.68. The van der Waals surface area contributed by atoms with Crippen LogP contribution in [0.25, 0.3) is 0 Å². The van der Waals surface area contributed by atoms with Crippen molar-refractivity contribution in [1.82, 2.24) is 15.2 Å². The summed E-state index contributed by atoms with van der Waals surface area (Å²) in [5, 5.41) is 6.60. The number of hydrogen-bond donors (Lipinski definition) is 2. The number of aryl methyl sites for hydroxylation is 2. The van der Waals surface area contributed by atoms with E-state index in [1.165, 1.54) is 11.1 Å². The maximum absolute atomic E-state index is 12.9. The number of aromatic nitrogens is 1. The third kappa shape index (κ3) is 13.4. The minimum Gasteiger partial charge on any atom is -0.459 e. The Bertz CT molecular complexity index is 800. The van der Waals surface area contributed by atoms with E-state index in [-0.39, 0.29) is 18.1 Å². The van der Waals surface area contributed by atoms with Crippen LogP contribution in [0.5, 0.6) is 0 Å². The smallest absolute Gasteiger partial charge is 0.323 e. The zero-order valence-electron chi connectivity index (χ0n) is 24.4. The average molecular weight is 505 g/mol. The Hall–Kier alpha value is -1.96. The number of allylic oxidation sites excluding steroid dienone is 1. The van der Waals surface area contributed by atoms with Gasteiger partial charge in [-0.25, -0.2) is 4.98 Å². The minimum atomic E-state index is -0.506. The third-order valence-electron chi connectivity index (χ3n) is 6.03. The molecule has 0 spiro atoms. The highest BCUT2D eigenvalue weighted by atomic mass is 16.6. The predicted molar refractivity (Wildman–Crippen MR) is 151 cm³/mol. The number of carbonyl (C=O) groups is 1. The lowest BCUT2D eigenvalue weighted by Gasteiger charge is -2.28. The van der Waals surface area contributed by atoms with Gasteiger partial charge in [0.25, 0.3) is 0 Å². The number of pyridine rings is 1. The van der Waals surface area contributed by atoms with Crippen LogP contribution in [0.4, 0.5) is 5.82 Å². The van der Waals surface area contributed by atoms with E-state index in [1.54, 1.807) is 7.11 Å². The largest absolute Gasteiger partial charge is 0.459 e. The van der Waals surface area contributed by atoms with E-state index in [2.05, 4.69) is 61.4 Å². The molecule has 0 saturated carbocycles. The van der Waals surface area contributed by atoms with Gasteiger partial charge in [0, 0.05) is 39.5 Å². The highest BCUT2D eigenvalue weighted by molar-refractivity contribution is 5.76. The molecule has 7 nitrogen and oxygen atoms in total. The first-order chi connectivity index (χ1) is 17.0. The van der Waals surface area contributed by atoms with Crippen LogP contribution in [0.1, 0.15) is 79.0 Å². The Morgan fingerprint density at radius 1 is 1.19 bits per heavy atom. The summed E-state index contributed by atoms with van der Waals surface area (Å²) in [5.74, 6) is 0.797. The van der Waals surface area contributed by atoms with Gasteiger partial charge in [-0.1, -0.05) is 24.6 Å². The first kappa shape index (κ1) is 32.1. The van der Waals surface area contributed by atoms with Crippen LogP contribution >= 0.6 is 0 Å². The summed E-state index contributed by atoms with van der Waals surface area (Å²) < 4.78 is 11.2. The van der Waals surface area contributed by atoms with Gasteiger partial charge < -0.3 is 25.0 Å². The molecule has 0 saturated heterocycles. The molecule has 1 unspecified atom stereocenters. The van der Waals surface area contributed by atoms with E-state index in [9.17, 15) is 4.79 Å². The van der Waals surface area contributed by atoms with Gasteiger partial charge in [0.2, 0.25) is 0 Å². The topological polar surface area (TPSA) is 75.7 Å². The quantitative estimate of drug-likeness (QED) is 0.176. The van der Waals surface area contributed by atoms with Gasteiger partial charge in [-0.05, 0) is 91.8 Å². The van der Waals surface area contributed by atoms with Crippen molar-refractivity contribution in [2.24, 2.45) is 0 Å². The zero-order chi connectivity index (χ0) is 27.1. The van der Waals surface area contributed by atoms with E-state index < -0.39 is 5.60 Å². The number of esters is 1. The zero-order valence-corrected chi connectivity index (χ0v) is 24.4. The van der Waals surface area contributed by atoms with Crippen LogP contribution in [0.15, 0.2) is 23.8 Å². The molecule has 0 fully saturated rings. The molecule has 36 heavy (non-hydrogen) atoms. The molecule has 0 aliphatic rings. The van der Waals surface area contributed by atoms with Crippen molar-refractivity contribution in [3.63, 3.8) is 0 Å². The fraction of sp³-hybridized carbons (Fsp3) is 0.724. The van der Waals surface area contributed by atoms with Crippen LogP contribution in [-0.2, 0) is 27.1 Å². The number of ether oxygens (including phenoxy) is 2. The van der Waals surface area contributed by atoms with E-state index in [4.69, 9.17) is 14.5 Å². The first-order valence-corrected chi connectivity index (χ1v) is 13.5. The number of anilines is 1. The van der Waals surface area contributed by atoms with Crippen LogP contribution in [-0.4, -0.2) is 73.9 Å². The van der Waals surface area contributed by atoms with Gasteiger partial charge in [0.15, 0.2) is 0 Å². The lowest BCUT2D eigenvalue weighted by Crippen LogP contribution is -2.44. The molecule has 0 aliphatic heterocycles. The van der Waals surface area contributed by atoms with Crippen LogP contribution in [0.3, 0.4) is 0 Å². The van der Waals surface area contributed by atoms with Crippen molar-refractivity contribution in [3.8, 4) is 0 Å². The fourth-order valence-corrected chi connectivity index (χ4v) is 3.94. The SMILES string of the molecule is CCc1ccc(CCCCN(CCC(NCC=C(C)C)C(=O)OC(C)(C)C)C[C@@H](C)OC)nc1NC. The standard InChI is InChI=1S/C29H52N4O3/c1-10-24-14-15-25(32-27(24)30-8)13-11-12-19-33(21-23(4)35-9)20-17-26(31-18-16-22(2)3)28(34)36-29(5,6)7/h14-16,23,26,31H,10-13,17-21H2,1-9H3,(H,30,32)/t23-,26?/m1/s1. The first-order valence-electron chi connectivity index (χ1n) is 13.5. The number of methoxy groups -OCH3 is 1. The van der Waals surface area contributed by atoms with Gasteiger partial charge >= 0.3 is 5.97 Å². The van der Waals surface area contributed by atoms with Gasteiger partial charge in [-0.15, -0.1) is 0 Å². The molecule has 0 aliphatic carbocycles. The lowest BCUT2D eigenvalue weighted by molar-refractivity contribution is -0.157. The van der Waals surface area contributed by atoms with Gasteiger partial charge in [0.05, 0.1) is 6.10 Å². The average Bonchev–Trinajstić information content (AvgIpc) is 2.81. The fourth-order valence-electron chi connectivity index (χ4n) is 3.94. The van der Waals surface area contributed by atoms with Crippen molar-refractivity contribution in [2.45, 2.75) is 98.3 Å². The van der Waals surface area contributed by atoms with Crippen LogP contribution in [0.2, 0.25) is 0 Å². The molecule has 0 radical (unpaired) electrons. The molecule has 0 bridgehead atoms. The van der Waals surface area contributed by atoms with E-state index >= 15 is 0 Å². The number of nitrogens with zero attached hydrogens (tertiary/aromatic N) is 2. The Labute approximate surface area is 220 Å². The number of nitrogens with one attached hydrogen (secondary N) is 2. The Morgan fingerprint density at radius 2 is 1.92 bits per heavy atom. The third-order valence-corrected chi connectivity index (χ3v) is 6.03. The van der Waals surface area contributed by atoms with Crippen LogP contribution < -0.4 is 10.6 Å². The number of rotatable bonds is 17. The molecule has 7 heteroatoms. The van der Waals surface area contributed by atoms with Gasteiger partial charge in [-0.2, -0.15) is 0 Å². The number of carbonyl (C=O) groups excluding carboxylic acids is 1. The summed E-state index contributed by atoms with van der Waals surface area (Å²) in [6.45, 7) is 17.3. The maximum atomic E-state index is 12.9. The summed E-state index contributed by atoms with van der Waals surface area (Å²) in [4.78, 5) is 20.1. The maximum Gasteiger partial charge on any atom is 0.323 e. The van der Waals surface area contributed by atoms with E-state index in [0.717, 1.165) is 56.8 Å². The molecule has 0 aromatic carbocycles. The molecule has 206 valence electrons. The Morgan fingerprint density at radius 3 is 2.50 bits per heavy atom. The molecular weight excluding hydrogens is 452 g/mol. The molecule has 1 aromatic heterocycles. The van der Waals surface area contributed by atoms with E-state index in [0.29, 0.717) is 13.0 Å². The van der Waals surface area contributed by atoms with Crippen molar-refractivity contribution in [3.05, 3.63) is 35.0 Å². The Balaban J connectivity index is 2.73. The highest BCUT2D eigenvalue weighted by Gasteiger charge is 2.25. The van der Waals surface area contributed by atoms with Gasteiger partial charge in [0.1, 0.15) is 17.5 Å². The molecule has 2 N–H and O–H groups in total. The highest BCUT2D eigenvalue weighted by Crippen LogP contribution is 2.16. The summed E-state index contributed by atoms with van der Waals surface area (Å²) in [6.07, 6.45) is 6.97. The second kappa shape index (κ2) is 16.7. The number of unbranched alkanes of at least 4 members (excludes halogenated alkanes) is 1. The molecular formula is C29H52N4O3. The Kier molecular flexibility index (Phi) is 14.9. The summed E-state index contributed by atoms with van der Waals surface area (Å²) in [5.41, 5.74) is 3.09. The second-order valence-corrected chi connectivity index (χ2v) is 10.8. The molecule has 0 amide bonds. The van der Waals surface area contributed by atoms with Crippen LogP contribution in [0, 0.1) is 0 Å². The second-order valence-electron chi connectivity index (χ2n) is 10.8. The molecule has 1 heterocycles. The van der Waals surface area contributed by atoms with Crippen molar-refractivity contribution in [2.75, 3.05) is 45.7 Å². The summed E-state index contributed by atoms with van der Waals surface area (Å²) in [6, 6.07) is 3.98. The monoisotopic (exact) mass is 504 g/mol. The summed E-state index contributed by atoms with van der Waals surface area (Å²) >= 11 is 0. The van der Waals surface area contributed by atoms with Crippen molar-refractivity contribution in [1.29, 1.82) is 0 Å². The van der Waals surface area contributed by atoms with Gasteiger partial charge in [-0.3, -0.25) is 4.79 Å². The predicted octanol–water partition coefficient (Wildman–Crippen LogP) is 5.00. The molecule has 1 aromatic rings. The van der Waals surface area contributed by atoms with Crippen molar-refractivity contribution < 1.29 is 14.3 Å². The van der Waals surface area contributed by atoms with Crippen molar-refractivity contribution >= 4 is 11.8 Å². The number of hydrogen-bond acceptors (Lipinski definition) is 7. The normalized spacial score (nSPS) is 13.4. The lowest BCUT2D eigenvalue weighted by atomic mass is 10.1. The van der Waals surface area contributed by atoms with E-state index in [1.807, 2.05) is 27.8 Å². The minimum absolute atomic E-state index is 0.130.